The van der Waals surface area contributed by atoms with Crippen LogP contribution in [0.1, 0.15) is 49.0 Å². The van der Waals surface area contributed by atoms with Gasteiger partial charge in [0.25, 0.3) is 11.8 Å². The predicted octanol–water partition coefficient (Wildman–Crippen LogP) is 6.66. The minimum atomic E-state index is -4.91. The molecular formula is C28H14ClF5N4O2. The van der Waals surface area contributed by atoms with E-state index in [1.54, 1.807) is 0 Å². The molecule has 0 spiro atoms. The molecule has 1 atom stereocenters. The van der Waals surface area contributed by atoms with E-state index in [1.807, 2.05) is 6.07 Å². The van der Waals surface area contributed by atoms with Crippen LogP contribution in [0.2, 0.25) is 5.02 Å². The van der Waals surface area contributed by atoms with Crippen molar-refractivity contribution in [3.8, 4) is 17.2 Å². The van der Waals surface area contributed by atoms with Gasteiger partial charge in [-0.05, 0) is 60.2 Å². The van der Waals surface area contributed by atoms with Gasteiger partial charge in [0.1, 0.15) is 17.7 Å². The molecule has 3 aromatic carbocycles. The van der Waals surface area contributed by atoms with Crippen molar-refractivity contribution in [3.05, 3.63) is 117 Å². The first kappa shape index (κ1) is 26.8. The second kappa shape index (κ2) is 10.1. The highest BCUT2D eigenvalue weighted by molar-refractivity contribution is 6.31. The molecule has 1 aliphatic heterocycles. The van der Waals surface area contributed by atoms with Crippen molar-refractivity contribution in [1.29, 1.82) is 5.26 Å². The molecule has 0 aliphatic carbocycles. The van der Waals surface area contributed by atoms with Gasteiger partial charge in [-0.2, -0.15) is 18.4 Å². The normalized spacial score (nSPS) is 14.3. The SMILES string of the molecule is N#Cc1cnccc1-c1cc(NC(=O)c2cc(F)cc(C(F)(F)F)c2)c2c(c1)C(=O)NC2c1cc(F)ccc1Cl. The first-order chi connectivity index (χ1) is 19.0. The lowest BCUT2D eigenvalue weighted by Gasteiger charge is -2.19. The lowest BCUT2D eigenvalue weighted by Crippen LogP contribution is -2.21. The zero-order valence-electron chi connectivity index (χ0n) is 19.9. The fourth-order valence-corrected chi connectivity index (χ4v) is 4.70. The Hall–Kier alpha value is -4.82. The van der Waals surface area contributed by atoms with Gasteiger partial charge in [-0.25, -0.2) is 8.78 Å². The minimum Gasteiger partial charge on any atom is -0.341 e. The largest absolute Gasteiger partial charge is 0.416 e. The van der Waals surface area contributed by atoms with Crippen LogP contribution in [0.4, 0.5) is 27.6 Å². The summed E-state index contributed by atoms with van der Waals surface area (Å²) in [5.74, 6) is -3.66. The number of benzene rings is 3. The number of nitrogens with one attached hydrogen (secondary N) is 2. The Morgan fingerprint density at radius 1 is 1.02 bits per heavy atom. The molecule has 1 aliphatic rings. The average Bonchev–Trinajstić information content (AvgIpc) is 3.25. The number of hydrogen-bond donors (Lipinski definition) is 2. The van der Waals surface area contributed by atoms with Crippen molar-refractivity contribution in [2.45, 2.75) is 12.2 Å². The topological polar surface area (TPSA) is 94.9 Å². The molecule has 12 heteroatoms. The molecule has 1 unspecified atom stereocenters. The maximum atomic E-state index is 14.1. The molecular weight excluding hydrogens is 555 g/mol. The highest BCUT2D eigenvalue weighted by Crippen LogP contribution is 2.42. The third-order valence-electron chi connectivity index (χ3n) is 6.25. The zero-order valence-corrected chi connectivity index (χ0v) is 20.7. The molecule has 0 fully saturated rings. The van der Waals surface area contributed by atoms with Gasteiger partial charge in [0.15, 0.2) is 0 Å². The van der Waals surface area contributed by atoms with Crippen molar-refractivity contribution in [2.75, 3.05) is 5.32 Å². The van der Waals surface area contributed by atoms with Crippen LogP contribution < -0.4 is 10.6 Å². The van der Waals surface area contributed by atoms with E-state index in [0.717, 1.165) is 12.1 Å². The summed E-state index contributed by atoms with van der Waals surface area (Å²) >= 11 is 6.29. The van der Waals surface area contributed by atoms with Crippen LogP contribution in [0.15, 0.2) is 67.0 Å². The van der Waals surface area contributed by atoms with Crippen molar-refractivity contribution in [2.24, 2.45) is 0 Å². The number of carbonyl (C=O) groups is 2. The van der Waals surface area contributed by atoms with Crippen molar-refractivity contribution < 1.29 is 31.5 Å². The summed E-state index contributed by atoms with van der Waals surface area (Å²) in [7, 11) is 0. The van der Waals surface area contributed by atoms with Gasteiger partial charge < -0.3 is 10.6 Å². The second-order valence-corrected chi connectivity index (χ2v) is 9.18. The second-order valence-electron chi connectivity index (χ2n) is 8.77. The van der Waals surface area contributed by atoms with Crippen LogP contribution >= 0.6 is 11.6 Å². The summed E-state index contributed by atoms with van der Waals surface area (Å²) in [5, 5.41) is 14.8. The van der Waals surface area contributed by atoms with Crippen LogP contribution in [-0.4, -0.2) is 16.8 Å². The third kappa shape index (κ3) is 4.97. The molecule has 5 rings (SSSR count). The lowest BCUT2D eigenvalue weighted by molar-refractivity contribution is -0.137. The smallest absolute Gasteiger partial charge is 0.341 e. The van der Waals surface area contributed by atoms with Gasteiger partial charge in [-0.3, -0.25) is 14.6 Å². The number of carbonyl (C=O) groups excluding carboxylic acids is 2. The predicted molar refractivity (Wildman–Crippen MR) is 134 cm³/mol. The standard InChI is InChI=1S/C28H14ClF5N4O2/c29-22-2-1-17(30)10-20(22)25-24-21(27(40)38-25)7-13(19-3-4-36-12-15(19)11-35)8-23(24)37-26(39)14-5-16(28(32,33)34)9-18(31)6-14/h1-10,12,25H,(H,37,39)(H,38,40). The van der Waals surface area contributed by atoms with E-state index in [0.29, 0.717) is 23.3 Å². The number of hydrogen-bond acceptors (Lipinski definition) is 4. The van der Waals surface area contributed by atoms with Gasteiger partial charge >= 0.3 is 6.18 Å². The number of aromatic nitrogens is 1. The van der Waals surface area contributed by atoms with E-state index in [9.17, 15) is 36.8 Å². The number of nitrogens with zero attached hydrogens (tertiary/aromatic N) is 2. The molecule has 2 N–H and O–H groups in total. The number of amides is 2. The number of alkyl halides is 3. The van der Waals surface area contributed by atoms with E-state index in [1.165, 1.54) is 36.7 Å². The highest BCUT2D eigenvalue weighted by Gasteiger charge is 2.36. The summed E-state index contributed by atoms with van der Waals surface area (Å²) in [5.41, 5.74) is -0.931. The first-order valence-electron chi connectivity index (χ1n) is 11.4. The molecule has 0 saturated heterocycles. The minimum absolute atomic E-state index is 0.0362. The Balaban J connectivity index is 1.69. The average molecular weight is 569 g/mol. The Morgan fingerprint density at radius 2 is 1.80 bits per heavy atom. The van der Waals surface area contributed by atoms with Crippen LogP contribution in [-0.2, 0) is 6.18 Å². The third-order valence-corrected chi connectivity index (χ3v) is 6.59. The molecule has 200 valence electrons. The summed E-state index contributed by atoms with van der Waals surface area (Å²) in [4.78, 5) is 30.1. The number of halogens is 6. The van der Waals surface area contributed by atoms with Gasteiger partial charge in [-0.1, -0.05) is 11.6 Å². The Morgan fingerprint density at radius 3 is 2.52 bits per heavy atom. The number of rotatable bonds is 4. The van der Waals surface area contributed by atoms with Crippen LogP contribution in [0.5, 0.6) is 0 Å². The lowest BCUT2D eigenvalue weighted by atomic mass is 9.92. The number of pyridine rings is 1. The van der Waals surface area contributed by atoms with Gasteiger partial charge in [-0.15, -0.1) is 0 Å². The van der Waals surface area contributed by atoms with Crippen LogP contribution in [0.25, 0.3) is 11.1 Å². The Bertz CT molecular complexity index is 1750. The van der Waals surface area contributed by atoms with E-state index < -0.39 is 46.8 Å². The molecule has 0 radical (unpaired) electrons. The van der Waals surface area contributed by atoms with E-state index >= 15 is 0 Å². The molecule has 0 saturated carbocycles. The highest BCUT2D eigenvalue weighted by atomic mass is 35.5. The summed E-state index contributed by atoms with van der Waals surface area (Å²) in [6.07, 6.45) is -2.22. The van der Waals surface area contributed by atoms with E-state index in [-0.39, 0.29) is 39.0 Å². The fraction of sp³-hybridized carbons (Fsp3) is 0.0714. The van der Waals surface area contributed by atoms with Gasteiger partial charge in [0.05, 0.1) is 17.2 Å². The Labute approximate surface area is 228 Å². The molecule has 6 nitrogen and oxygen atoms in total. The van der Waals surface area contributed by atoms with Crippen LogP contribution in [0.3, 0.4) is 0 Å². The van der Waals surface area contributed by atoms with Crippen molar-refractivity contribution >= 4 is 29.1 Å². The maximum absolute atomic E-state index is 14.1. The summed E-state index contributed by atoms with van der Waals surface area (Å²) < 4.78 is 68.0. The molecule has 1 aromatic heterocycles. The summed E-state index contributed by atoms with van der Waals surface area (Å²) in [6.45, 7) is 0. The quantitative estimate of drug-likeness (QED) is 0.269. The van der Waals surface area contributed by atoms with Gasteiger partial charge in [0.2, 0.25) is 0 Å². The molecule has 0 bridgehead atoms. The van der Waals surface area contributed by atoms with E-state index in [4.69, 9.17) is 11.6 Å². The van der Waals surface area contributed by atoms with Crippen LogP contribution in [0, 0.1) is 23.0 Å². The van der Waals surface area contributed by atoms with Crippen molar-refractivity contribution in [1.82, 2.24) is 10.3 Å². The number of anilines is 1. The Kier molecular flexibility index (Phi) is 6.73. The molecule has 2 amide bonds. The zero-order chi connectivity index (χ0) is 28.8. The molecule has 4 aromatic rings. The molecule has 2 heterocycles. The first-order valence-corrected chi connectivity index (χ1v) is 11.8. The number of fused-ring (bicyclic) bond motifs is 1. The fourth-order valence-electron chi connectivity index (χ4n) is 4.48. The van der Waals surface area contributed by atoms with Gasteiger partial charge in [0, 0.05) is 50.9 Å². The number of nitriles is 1. The molecule has 40 heavy (non-hydrogen) atoms. The monoisotopic (exact) mass is 568 g/mol. The summed E-state index contributed by atoms with van der Waals surface area (Å²) in [6, 6.07) is 10.2. The van der Waals surface area contributed by atoms with Crippen molar-refractivity contribution in [3.63, 3.8) is 0 Å². The van der Waals surface area contributed by atoms with E-state index in [2.05, 4.69) is 15.6 Å². The maximum Gasteiger partial charge on any atom is 0.416 e.